The number of H-pyrrole nitrogens is 2. The average Bonchev–Trinajstić information content (AvgIpc) is 3.26. The fraction of sp³-hybridized carbons (Fsp3) is 0.0667. The number of hydrogen-bond acceptors (Lipinski definition) is 5. The molecule has 0 radical (unpaired) electrons. The molecule has 8 nitrogen and oxygen atoms in total. The smallest absolute Gasteiger partial charge is 0.259 e. The molecule has 0 aliphatic heterocycles. The van der Waals surface area contributed by atoms with Crippen LogP contribution in [0.5, 0.6) is 0 Å². The average molecular weight is 326 g/mol. The predicted octanol–water partition coefficient (Wildman–Crippen LogP) is 2.64. The Balaban J connectivity index is 1.59. The maximum absolute atomic E-state index is 14.0. The highest BCUT2D eigenvalue weighted by atomic mass is 19.1. The highest BCUT2D eigenvalue weighted by Crippen LogP contribution is 2.23. The first-order valence-electron chi connectivity index (χ1n) is 7.04. The molecule has 120 valence electrons. The number of aryl methyl sites for hydroxylation is 1. The third-order valence-electron chi connectivity index (χ3n) is 3.48. The van der Waals surface area contributed by atoms with E-state index >= 15 is 0 Å². The summed E-state index contributed by atoms with van der Waals surface area (Å²) in [7, 11) is 0. The van der Waals surface area contributed by atoms with Crippen LogP contribution in [0.2, 0.25) is 0 Å². The maximum atomic E-state index is 14.0. The van der Waals surface area contributed by atoms with Crippen molar-refractivity contribution in [1.82, 2.24) is 25.6 Å². The second kappa shape index (κ2) is 5.30. The monoisotopic (exact) mass is 326 g/mol. The topological polar surface area (TPSA) is 112 Å². The summed E-state index contributed by atoms with van der Waals surface area (Å²) in [4.78, 5) is 12.3. The first-order valence-corrected chi connectivity index (χ1v) is 7.04. The second-order valence-corrected chi connectivity index (χ2v) is 5.18. The molecule has 0 spiro atoms. The van der Waals surface area contributed by atoms with Gasteiger partial charge in [-0.05, 0) is 25.1 Å². The normalized spacial score (nSPS) is 11.1. The lowest BCUT2D eigenvalue weighted by Gasteiger charge is -2.02. The molecule has 0 fully saturated rings. The van der Waals surface area contributed by atoms with Crippen LogP contribution in [0.4, 0.5) is 10.2 Å². The zero-order chi connectivity index (χ0) is 16.7. The summed E-state index contributed by atoms with van der Waals surface area (Å²) >= 11 is 0. The van der Waals surface area contributed by atoms with Crippen molar-refractivity contribution < 1.29 is 13.6 Å². The number of benzene rings is 1. The Kier molecular flexibility index (Phi) is 3.12. The summed E-state index contributed by atoms with van der Waals surface area (Å²) < 4.78 is 19.5. The Labute approximate surface area is 134 Å². The van der Waals surface area contributed by atoms with Crippen molar-refractivity contribution in [3.63, 3.8) is 0 Å². The van der Waals surface area contributed by atoms with E-state index in [9.17, 15) is 9.18 Å². The van der Waals surface area contributed by atoms with Crippen molar-refractivity contribution in [1.29, 1.82) is 0 Å². The molecule has 0 saturated carbocycles. The molecule has 0 aliphatic rings. The number of hydrogen-bond donors (Lipinski definition) is 3. The molecule has 9 heteroatoms. The summed E-state index contributed by atoms with van der Waals surface area (Å²) in [6, 6.07) is 7.68. The Bertz CT molecular complexity index is 1050. The van der Waals surface area contributed by atoms with Crippen LogP contribution < -0.4 is 5.32 Å². The van der Waals surface area contributed by atoms with Gasteiger partial charge in [0.1, 0.15) is 28.3 Å². The molecule has 0 unspecified atom stereocenters. The number of rotatable bonds is 3. The minimum atomic E-state index is -0.689. The van der Waals surface area contributed by atoms with Gasteiger partial charge in [0, 0.05) is 12.1 Å². The molecule has 4 aromatic rings. The molecule has 0 bridgehead atoms. The van der Waals surface area contributed by atoms with Gasteiger partial charge in [-0.3, -0.25) is 9.89 Å². The predicted molar refractivity (Wildman–Crippen MR) is 82.8 cm³/mol. The van der Waals surface area contributed by atoms with Crippen LogP contribution in [-0.2, 0) is 0 Å². The van der Waals surface area contributed by atoms with Crippen LogP contribution in [-0.4, -0.2) is 31.5 Å². The van der Waals surface area contributed by atoms with Gasteiger partial charge < -0.3 is 9.73 Å². The molecule has 3 N–H and O–H groups in total. The Morgan fingerprint density at radius 3 is 2.71 bits per heavy atom. The van der Waals surface area contributed by atoms with Crippen molar-refractivity contribution in [2.45, 2.75) is 6.92 Å². The molecule has 1 aromatic carbocycles. The minimum Gasteiger partial charge on any atom is -0.460 e. The largest absolute Gasteiger partial charge is 0.460 e. The summed E-state index contributed by atoms with van der Waals surface area (Å²) in [5.41, 5.74) is 1.20. The molecule has 0 aliphatic carbocycles. The highest BCUT2D eigenvalue weighted by molar-refractivity contribution is 6.05. The number of amides is 1. The molecule has 1 amide bonds. The lowest BCUT2D eigenvalue weighted by molar-refractivity contribution is 0.102. The van der Waals surface area contributed by atoms with Crippen molar-refractivity contribution in [2.24, 2.45) is 0 Å². The quantitative estimate of drug-likeness (QED) is 0.536. The van der Waals surface area contributed by atoms with Crippen molar-refractivity contribution in [3.8, 4) is 11.5 Å². The number of aromatic nitrogens is 5. The van der Waals surface area contributed by atoms with Crippen molar-refractivity contribution >= 4 is 22.8 Å². The van der Waals surface area contributed by atoms with Gasteiger partial charge in [0.25, 0.3) is 5.91 Å². The molecular formula is C15H11FN6O2. The van der Waals surface area contributed by atoms with Crippen LogP contribution in [0.3, 0.4) is 0 Å². The van der Waals surface area contributed by atoms with E-state index in [1.807, 2.05) is 13.0 Å². The number of carbonyl (C=O) groups excluding carboxylic acids is 1. The number of fused-ring (bicyclic) bond motifs is 1. The fourth-order valence-electron chi connectivity index (χ4n) is 2.31. The second-order valence-electron chi connectivity index (χ2n) is 5.18. The van der Waals surface area contributed by atoms with Gasteiger partial charge in [0.05, 0.1) is 5.56 Å². The first-order chi connectivity index (χ1) is 11.6. The number of halogens is 1. The summed E-state index contributed by atoms with van der Waals surface area (Å²) in [5, 5.41) is 19.2. The maximum Gasteiger partial charge on any atom is 0.259 e. The minimum absolute atomic E-state index is 0.144. The number of nitrogens with zero attached hydrogens (tertiary/aromatic N) is 3. The molecule has 4 rings (SSSR count). The number of anilines is 1. The van der Waals surface area contributed by atoms with Gasteiger partial charge in [-0.1, -0.05) is 0 Å². The van der Waals surface area contributed by atoms with Gasteiger partial charge in [-0.2, -0.15) is 20.5 Å². The summed E-state index contributed by atoms with van der Waals surface area (Å²) in [6.45, 7) is 1.82. The van der Waals surface area contributed by atoms with E-state index in [0.717, 1.165) is 11.8 Å². The van der Waals surface area contributed by atoms with Crippen molar-refractivity contribution in [3.05, 3.63) is 47.5 Å². The number of furan rings is 1. The van der Waals surface area contributed by atoms with Gasteiger partial charge in [-0.15, -0.1) is 0 Å². The Hall–Kier alpha value is -3.49. The van der Waals surface area contributed by atoms with Crippen LogP contribution in [0.1, 0.15) is 16.1 Å². The molecule has 3 heterocycles. The van der Waals surface area contributed by atoms with Gasteiger partial charge in [0.15, 0.2) is 11.6 Å². The lowest BCUT2D eigenvalue weighted by Crippen LogP contribution is -2.14. The zero-order valence-corrected chi connectivity index (χ0v) is 12.4. The van der Waals surface area contributed by atoms with E-state index in [4.69, 9.17) is 4.42 Å². The van der Waals surface area contributed by atoms with Crippen LogP contribution in [0, 0.1) is 12.7 Å². The SMILES string of the molecule is Cc1ccc(-c2cc(NC(=O)c3cc4n[nH]nc4cc3F)n[nH]2)o1. The van der Waals surface area contributed by atoms with E-state index in [0.29, 0.717) is 22.5 Å². The molecule has 3 aromatic heterocycles. The highest BCUT2D eigenvalue weighted by Gasteiger charge is 2.16. The third kappa shape index (κ3) is 2.41. The van der Waals surface area contributed by atoms with Crippen LogP contribution in [0.15, 0.2) is 34.7 Å². The van der Waals surface area contributed by atoms with Gasteiger partial charge in [0.2, 0.25) is 0 Å². The number of carbonyl (C=O) groups is 1. The van der Waals surface area contributed by atoms with E-state index < -0.39 is 11.7 Å². The molecule has 0 atom stereocenters. The Morgan fingerprint density at radius 2 is 1.96 bits per heavy atom. The third-order valence-corrected chi connectivity index (χ3v) is 3.48. The van der Waals surface area contributed by atoms with E-state index in [1.54, 1.807) is 12.1 Å². The van der Waals surface area contributed by atoms with E-state index in [-0.39, 0.29) is 11.4 Å². The van der Waals surface area contributed by atoms with Crippen LogP contribution in [0.25, 0.3) is 22.5 Å². The zero-order valence-electron chi connectivity index (χ0n) is 12.4. The van der Waals surface area contributed by atoms with Crippen LogP contribution >= 0.6 is 0 Å². The molecule has 0 saturated heterocycles. The van der Waals surface area contributed by atoms with Crippen molar-refractivity contribution in [2.75, 3.05) is 5.32 Å². The first kappa shape index (κ1) is 14.1. The van der Waals surface area contributed by atoms with Gasteiger partial charge in [-0.25, -0.2) is 4.39 Å². The Morgan fingerprint density at radius 1 is 1.17 bits per heavy atom. The van der Waals surface area contributed by atoms with E-state index in [2.05, 4.69) is 30.9 Å². The summed E-state index contributed by atoms with van der Waals surface area (Å²) in [5.74, 6) is 0.282. The van der Waals surface area contributed by atoms with Gasteiger partial charge >= 0.3 is 0 Å². The lowest BCUT2D eigenvalue weighted by atomic mass is 10.1. The number of aromatic amines is 2. The molecular weight excluding hydrogens is 315 g/mol. The standard InChI is InChI=1S/C15H11FN6O2/c1-7-2-3-13(24-7)12-6-14(21-18-12)17-15(23)8-4-10-11(5-9(8)16)20-22-19-10/h2-6H,1H3,(H,19,20,22)(H2,17,18,21,23). The number of nitrogens with one attached hydrogen (secondary N) is 3. The van der Waals surface area contributed by atoms with E-state index in [1.165, 1.54) is 6.07 Å². The fourth-order valence-corrected chi connectivity index (χ4v) is 2.31. The summed E-state index contributed by atoms with van der Waals surface area (Å²) in [6.07, 6.45) is 0. The molecule has 24 heavy (non-hydrogen) atoms.